The summed E-state index contributed by atoms with van der Waals surface area (Å²) < 4.78 is 0. The average molecular weight is 241 g/mol. The molecule has 0 aliphatic carbocycles. The molecule has 100 valence electrons. The molecule has 1 rings (SSSR count). The zero-order valence-electron chi connectivity index (χ0n) is 11.5. The first-order chi connectivity index (χ1) is 7.87. The molecular weight excluding hydrogens is 214 g/mol. The van der Waals surface area contributed by atoms with Crippen LogP contribution in [0.3, 0.4) is 0 Å². The fraction of sp³-hybridized carbons (Fsp3) is 0.923. The van der Waals surface area contributed by atoms with Gasteiger partial charge in [0.25, 0.3) is 0 Å². The fourth-order valence-electron chi connectivity index (χ4n) is 2.24. The Kier molecular flexibility index (Phi) is 5.40. The van der Waals surface area contributed by atoms with Crippen molar-refractivity contribution in [3.8, 4) is 0 Å². The van der Waals surface area contributed by atoms with Crippen LogP contribution in [0.25, 0.3) is 0 Å². The number of likely N-dealkylation sites (tertiary alicyclic amines) is 1. The molecule has 4 heteroatoms. The molecule has 0 spiro atoms. The number of carbonyl (C=O) groups is 1. The standard InChI is InChI=1S/C13H27N3O/c1-13(2,14)10-12(17)15-7-4-11-5-8-16(3)9-6-11/h11H,4-10,14H2,1-3H3,(H,15,17). The van der Waals surface area contributed by atoms with Crippen LogP contribution in [0.5, 0.6) is 0 Å². The lowest BCUT2D eigenvalue weighted by molar-refractivity contribution is -0.122. The summed E-state index contributed by atoms with van der Waals surface area (Å²) in [7, 11) is 2.17. The lowest BCUT2D eigenvalue weighted by atomic mass is 9.94. The Morgan fingerprint density at radius 2 is 2.00 bits per heavy atom. The molecule has 0 unspecified atom stereocenters. The van der Waals surface area contributed by atoms with Crippen molar-refractivity contribution in [1.82, 2.24) is 10.2 Å². The van der Waals surface area contributed by atoms with E-state index >= 15 is 0 Å². The normalized spacial score (nSPS) is 19.3. The van der Waals surface area contributed by atoms with Crippen LogP contribution in [0, 0.1) is 5.92 Å². The van der Waals surface area contributed by atoms with Gasteiger partial charge in [-0.1, -0.05) is 0 Å². The van der Waals surface area contributed by atoms with E-state index in [0.717, 1.165) is 18.9 Å². The van der Waals surface area contributed by atoms with Gasteiger partial charge in [0.2, 0.25) is 5.91 Å². The van der Waals surface area contributed by atoms with Gasteiger partial charge >= 0.3 is 0 Å². The van der Waals surface area contributed by atoms with Crippen molar-refractivity contribution in [1.29, 1.82) is 0 Å². The topological polar surface area (TPSA) is 58.4 Å². The molecule has 1 fully saturated rings. The molecular formula is C13H27N3O. The van der Waals surface area contributed by atoms with Crippen LogP contribution >= 0.6 is 0 Å². The van der Waals surface area contributed by atoms with Gasteiger partial charge in [-0.25, -0.2) is 0 Å². The summed E-state index contributed by atoms with van der Waals surface area (Å²) in [5.74, 6) is 0.850. The molecule has 1 heterocycles. The number of carbonyl (C=O) groups excluding carboxylic acids is 1. The van der Waals surface area contributed by atoms with E-state index in [-0.39, 0.29) is 5.91 Å². The van der Waals surface area contributed by atoms with Crippen molar-refractivity contribution in [2.24, 2.45) is 11.7 Å². The molecule has 1 aliphatic heterocycles. The van der Waals surface area contributed by atoms with Crippen molar-refractivity contribution < 1.29 is 4.79 Å². The summed E-state index contributed by atoms with van der Waals surface area (Å²) in [6.45, 7) is 6.93. The number of hydrogen-bond donors (Lipinski definition) is 2. The summed E-state index contributed by atoms with van der Waals surface area (Å²) in [4.78, 5) is 13.9. The zero-order valence-corrected chi connectivity index (χ0v) is 11.5. The molecule has 0 bridgehead atoms. The Balaban J connectivity index is 2.09. The van der Waals surface area contributed by atoms with Gasteiger partial charge in [-0.3, -0.25) is 4.79 Å². The highest BCUT2D eigenvalue weighted by molar-refractivity contribution is 5.76. The maximum absolute atomic E-state index is 11.6. The van der Waals surface area contributed by atoms with E-state index in [0.29, 0.717) is 6.42 Å². The summed E-state index contributed by atoms with van der Waals surface area (Å²) in [5, 5.41) is 2.97. The molecule has 0 saturated carbocycles. The third kappa shape index (κ3) is 6.64. The van der Waals surface area contributed by atoms with E-state index in [1.165, 1.54) is 25.9 Å². The first-order valence-electron chi connectivity index (χ1n) is 6.61. The van der Waals surface area contributed by atoms with Crippen molar-refractivity contribution in [2.45, 2.75) is 45.1 Å². The summed E-state index contributed by atoms with van der Waals surface area (Å²) in [6.07, 6.45) is 4.02. The van der Waals surface area contributed by atoms with Gasteiger partial charge in [0, 0.05) is 18.5 Å². The lowest BCUT2D eigenvalue weighted by Crippen LogP contribution is -2.39. The molecule has 0 radical (unpaired) electrons. The van der Waals surface area contributed by atoms with Gasteiger partial charge in [0.1, 0.15) is 0 Å². The molecule has 0 aromatic carbocycles. The largest absolute Gasteiger partial charge is 0.356 e. The highest BCUT2D eigenvalue weighted by Crippen LogP contribution is 2.18. The number of hydrogen-bond acceptors (Lipinski definition) is 3. The molecule has 0 aromatic rings. The first kappa shape index (κ1) is 14.5. The molecule has 17 heavy (non-hydrogen) atoms. The quantitative estimate of drug-likeness (QED) is 0.754. The minimum atomic E-state index is -0.405. The predicted molar refractivity (Wildman–Crippen MR) is 70.7 cm³/mol. The summed E-state index contributed by atoms with van der Waals surface area (Å²) in [5.41, 5.74) is 5.39. The summed E-state index contributed by atoms with van der Waals surface area (Å²) in [6, 6.07) is 0. The third-order valence-corrected chi connectivity index (χ3v) is 3.33. The molecule has 1 aliphatic rings. The molecule has 0 aromatic heterocycles. The van der Waals surface area contributed by atoms with Gasteiger partial charge in [-0.15, -0.1) is 0 Å². The van der Waals surface area contributed by atoms with E-state index in [2.05, 4.69) is 17.3 Å². The van der Waals surface area contributed by atoms with Gasteiger partial charge in [-0.05, 0) is 59.2 Å². The molecule has 1 amide bonds. The second-order valence-electron chi connectivity index (χ2n) is 6.05. The second-order valence-corrected chi connectivity index (χ2v) is 6.05. The van der Waals surface area contributed by atoms with Crippen LogP contribution in [0.4, 0.5) is 0 Å². The number of piperidine rings is 1. The van der Waals surface area contributed by atoms with Crippen LogP contribution in [0.2, 0.25) is 0 Å². The van der Waals surface area contributed by atoms with Crippen LogP contribution in [0.1, 0.15) is 39.5 Å². The highest BCUT2D eigenvalue weighted by Gasteiger charge is 2.18. The van der Waals surface area contributed by atoms with Crippen LogP contribution in [-0.4, -0.2) is 43.0 Å². The van der Waals surface area contributed by atoms with E-state index in [4.69, 9.17) is 5.73 Å². The zero-order chi connectivity index (χ0) is 12.9. The smallest absolute Gasteiger partial charge is 0.221 e. The SMILES string of the molecule is CN1CCC(CCNC(=O)CC(C)(C)N)CC1. The molecule has 0 atom stereocenters. The number of nitrogens with one attached hydrogen (secondary N) is 1. The number of amides is 1. The van der Waals surface area contributed by atoms with Crippen LogP contribution < -0.4 is 11.1 Å². The number of nitrogens with two attached hydrogens (primary N) is 1. The minimum Gasteiger partial charge on any atom is -0.356 e. The van der Waals surface area contributed by atoms with Crippen molar-refractivity contribution >= 4 is 5.91 Å². The Labute approximate surface area is 105 Å². The Hall–Kier alpha value is -0.610. The van der Waals surface area contributed by atoms with E-state index in [9.17, 15) is 4.79 Å². The second kappa shape index (κ2) is 6.36. The average Bonchev–Trinajstić information content (AvgIpc) is 2.18. The maximum Gasteiger partial charge on any atom is 0.221 e. The van der Waals surface area contributed by atoms with Gasteiger partial charge < -0.3 is 16.0 Å². The van der Waals surface area contributed by atoms with E-state index in [1.807, 2.05) is 13.8 Å². The van der Waals surface area contributed by atoms with Crippen molar-refractivity contribution in [3.63, 3.8) is 0 Å². The van der Waals surface area contributed by atoms with E-state index in [1.54, 1.807) is 0 Å². The first-order valence-corrected chi connectivity index (χ1v) is 6.61. The van der Waals surface area contributed by atoms with Crippen LogP contribution in [-0.2, 0) is 4.79 Å². The Morgan fingerprint density at radius 1 is 1.41 bits per heavy atom. The third-order valence-electron chi connectivity index (χ3n) is 3.33. The van der Waals surface area contributed by atoms with E-state index < -0.39 is 5.54 Å². The molecule has 1 saturated heterocycles. The molecule has 3 N–H and O–H groups in total. The van der Waals surface area contributed by atoms with Crippen LogP contribution in [0.15, 0.2) is 0 Å². The lowest BCUT2D eigenvalue weighted by Gasteiger charge is -2.29. The Morgan fingerprint density at radius 3 is 2.53 bits per heavy atom. The highest BCUT2D eigenvalue weighted by atomic mass is 16.1. The monoisotopic (exact) mass is 241 g/mol. The maximum atomic E-state index is 11.6. The predicted octanol–water partition coefficient (Wildman–Crippen LogP) is 0.962. The van der Waals surface area contributed by atoms with Gasteiger partial charge in [0.15, 0.2) is 0 Å². The van der Waals surface area contributed by atoms with Gasteiger partial charge in [0.05, 0.1) is 0 Å². The van der Waals surface area contributed by atoms with Crippen molar-refractivity contribution in [3.05, 3.63) is 0 Å². The Bertz CT molecular complexity index is 240. The minimum absolute atomic E-state index is 0.0745. The van der Waals surface area contributed by atoms with Crippen molar-refractivity contribution in [2.75, 3.05) is 26.7 Å². The number of nitrogens with zero attached hydrogens (tertiary/aromatic N) is 1. The van der Waals surface area contributed by atoms with Gasteiger partial charge in [-0.2, -0.15) is 0 Å². The summed E-state index contributed by atoms with van der Waals surface area (Å²) >= 11 is 0. The fourth-order valence-corrected chi connectivity index (χ4v) is 2.24. The number of rotatable bonds is 5. The molecule has 4 nitrogen and oxygen atoms in total.